The summed E-state index contributed by atoms with van der Waals surface area (Å²) in [5.41, 5.74) is 1.64. The van der Waals surface area contributed by atoms with Crippen molar-refractivity contribution in [1.29, 1.82) is 0 Å². The van der Waals surface area contributed by atoms with E-state index in [1.807, 2.05) is 30.3 Å². The summed E-state index contributed by atoms with van der Waals surface area (Å²) in [6.45, 7) is 1.71. The van der Waals surface area contributed by atoms with E-state index in [9.17, 15) is 14.4 Å². The van der Waals surface area contributed by atoms with Gasteiger partial charge in [0.2, 0.25) is 5.91 Å². The maximum absolute atomic E-state index is 12.8. The summed E-state index contributed by atoms with van der Waals surface area (Å²) in [6.07, 6.45) is 5.56. The van der Waals surface area contributed by atoms with Crippen LogP contribution in [0.2, 0.25) is 0 Å². The third kappa shape index (κ3) is 5.23. The Morgan fingerprint density at radius 3 is 2.45 bits per heavy atom. The highest BCUT2D eigenvalue weighted by Gasteiger charge is 2.27. The van der Waals surface area contributed by atoms with Crippen LogP contribution in [0.1, 0.15) is 63.3 Å². The van der Waals surface area contributed by atoms with Crippen LogP contribution in [-0.4, -0.2) is 30.9 Å². The highest BCUT2D eigenvalue weighted by Crippen LogP contribution is 2.34. The van der Waals surface area contributed by atoms with E-state index >= 15 is 0 Å². The minimum Gasteiger partial charge on any atom is -0.465 e. The average Bonchev–Trinajstić information content (AvgIpc) is 3.04. The van der Waals surface area contributed by atoms with Crippen molar-refractivity contribution in [2.24, 2.45) is 0 Å². The molecule has 0 radical (unpaired) electrons. The lowest BCUT2D eigenvalue weighted by Crippen LogP contribution is -2.36. The summed E-state index contributed by atoms with van der Waals surface area (Å²) in [4.78, 5) is 38.1. The van der Waals surface area contributed by atoms with Crippen LogP contribution in [0, 0.1) is 6.92 Å². The molecule has 7 heteroatoms. The number of benzene rings is 1. The van der Waals surface area contributed by atoms with Crippen molar-refractivity contribution in [1.82, 2.24) is 5.32 Å². The highest BCUT2D eigenvalue weighted by atomic mass is 32.1. The molecule has 1 saturated carbocycles. The van der Waals surface area contributed by atoms with E-state index in [1.165, 1.54) is 13.5 Å². The summed E-state index contributed by atoms with van der Waals surface area (Å²) in [7, 11) is 1.29. The van der Waals surface area contributed by atoms with Gasteiger partial charge in [0.15, 0.2) is 0 Å². The summed E-state index contributed by atoms with van der Waals surface area (Å²) >= 11 is 1.12. The first-order valence-electron chi connectivity index (χ1n) is 9.86. The largest absolute Gasteiger partial charge is 0.465 e. The molecule has 3 rings (SSSR count). The number of rotatable bonds is 6. The first-order chi connectivity index (χ1) is 14.0. The summed E-state index contributed by atoms with van der Waals surface area (Å²) in [5.74, 6) is -1.01. The summed E-state index contributed by atoms with van der Waals surface area (Å²) in [6, 6.07) is 9.51. The Morgan fingerprint density at radius 1 is 1.10 bits per heavy atom. The van der Waals surface area contributed by atoms with Gasteiger partial charge in [-0.2, -0.15) is 0 Å². The maximum atomic E-state index is 12.8. The molecule has 2 amide bonds. The fourth-order valence-electron chi connectivity index (χ4n) is 3.62. The molecule has 2 aromatic rings. The zero-order chi connectivity index (χ0) is 20.8. The van der Waals surface area contributed by atoms with Crippen LogP contribution >= 0.6 is 11.3 Å². The van der Waals surface area contributed by atoms with Crippen LogP contribution in [0.5, 0.6) is 0 Å². The van der Waals surface area contributed by atoms with Crippen molar-refractivity contribution in [3.8, 4) is 0 Å². The maximum Gasteiger partial charge on any atom is 0.341 e. The van der Waals surface area contributed by atoms with Crippen molar-refractivity contribution in [2.45, 2.75) is 51.5 Å². The number of amides is 2. The van der Waals surface area contributed by atoms with Crippen molar-refractivity contribution < 1.29 is 19.1 Å². The van der Waals surface area contributed by atoms with E-state index in [2.05, 4.69) is 10.6 Å². The number of ether oxygens (including phenoxy) is 1. The van der Waals surface area contributed by atoms with E-state index in [1.54, 1.807) is 6.92 Å². The normalized spacial score (nSPS) is 14.3. The van der Waals surface area contributed by atoms with Crippen molar-refractivity contribution >= 4 is 34.1 Å². The Labute approximate surface area is 174 Å². The third-order valence-corrected chi connectivity index (χ3v) is 6.35. The van der Waals surface area contributed by atoms with Crippen LogP contribution in [0.25, 0.3) is 0 Å². The first kappa shape index (κ1) is 21.0. The molecule has 1 aromatic heterocycles. The minimum atomic E-state index is -0.564. The molecule has 0 unspecified atom stereocenters. The van der Waals surface area contributed by atoms with Crippen LogP contribution in [0.4, 0.5) is 5.00 Å². The van der Waals surface area contributed by atoms with Crippen molar-refractivity contribution in [3.63, 3.8) is 0 Å². The molecule has 0 bridgehead atoms. The Morgan fingerprint density at radius 2 is 1.79 bits per heavy atom. The highest BCUT2D eigenvalue weighted by molar-refractivity contribution is 7.18. The second-order valence-corrected chi connectivity index (χ2v) is 8.29. The van der Waals surface area contributed by atoms with Crippen LogP contribution < -0.4 is 10.6 Å². The Bertz CT molecular complexity index is 886. The van der Waals surface area contributed by atoms with Crippen molar-refractivity contribution in [3.05, 3.63) is 51.9 Å². The average molecular weight is 415 g/mol. The van der Waals surface area contributed by atoms with Crippen LogP contribution in [-0.2, 0) is 16.0 Å². The zero-order valence-corrected chi connectivity index (χ0v) is 17.6. The molecule has 1 aliphatic carbocycles. The SMILES string of the molecule is COC(=O)c1c(NC(=O)Cc2ccccc2)sc(C(=O)NC2CCCCC2)c1C. The van der Waals surface area contributed by atoms with Gasteiger partial charge in [-0.3, -0.25) is 9.59 Å². The standard InChI is InChI=1S/C22H26N2O4S/c1-14-18(22(27)28-2)21(24-17(25)13-15-9-5-3-6-10-15)29-19(14)20(26)23-16-11-7-4-8-12-16/h3,5-6,9-10,16H,4,7-8,11-13H2,1-2H3,(H,23,26)(H,24,25). The molecule has 1 aromatic carbocycles. The van der Waals surface area contributed by atoms with Gasteiger partial charge in [0.05, 0.1) is 24.0 Å². The van der Waals surface area contributed by atoms with Gasteiger partial charge >= 0.3 is 5.97 Å². The number of hydrogen-bond donors (Lipinski definition) is 2. The molecule has 154 valence electrons. The number of thiophene rings is 1. The number of anilines is 1. The molecule has 2 N–H and O–H groups in total. The molecule has 0 spiro atoms. The predicted molar refractivity (Wildman–Crippen MR) is 114 cm³/mol. The quantitative estimate of drug-likeness (QED) is 0.698. The van der Waals surface area contributed by atoms with Gasteiger partial charge in [-0.15, -0.1) is 11.3 Å². The van der Waals surface area contributed by atoms with E-state index in [-0.39, 0.29) is 29.8 Å². The molecule has 0 saturated heterocycles. The minimum absolute atomic E-state index is 0.162. The van der Waals surface area contributed by atoms with Gasteiger partial charge in [0.1, 0.15) is 5.00 Å². The number of nitrogens with one attached hydrogen (secondary N) is 2. The van der Waals surface area contributed by atoms with Gasteiger partial charge in [0.25, 0.3) is 5.91 Å². The van der Waals surface area contributed by atoms with E-state index in [0.29, 0.717) is 15.4 Å². The zero-order valence-electron chi connectivity index (χ0n) is 16.7. The lowest BCUT2D eigenvalue weighted by atomic mass is 9.95. The lowest BCUT2D eigenvalue weighted by molar-refractivity contribution is -0.115. The third-order valence-electron chi connectivity index (χ3n) is 5.14. The van der Waals surface area contributed by atoms with Gasteiger partial charge in [-0.1, -0.05) is 49.6 Å². The van der Waals surface area contributed by atoms with E-state index in [4.69, 9.17) is 4.74 Å². The van der Waals surface area contributed by atoms with Crippen LogP contribution in [0.15, 0.2) is 30.3 Å². The van der Waals surface area contributed by atoms with E-state index < -0.39 is 5.97 Å². The predicted octanol–water partition coefficient (Wildman–Crippen LogP) is 4.09. The summed E-state index contributed by atoms with van der Waals surface area (Å²) < 4.78 is 4.89. The molecule has 0 atom stereocenters. The van der Waals surface area contributed by atoms with Gasteiger partial charge in [-0.25, -0.2) is 4.79 Å². The second kappa shape index (κ2) is 9.69. The topological polar surface area (TPSA) is 84.5 Å². The van der Waals surface area contributed by atoms with Gasteiger partial charge in [0, 0.05) is 6.04 Å². The van der Waals surface area contributed by atoms with Gasteiger partial charge < -0.3 is 15.4 Å². The molecule has 29 heavy (non-hydrogen) atoms. The Kier molecular flexibility index (Phi) is 7.04. The first-order valence-corrected chi connectivity index (χ1v) is 10.7. The van der Waals surface area contributed by atoms with Crippen molar-refractivity contribution in [2.75, 3.05) is 12.4 Å². The Hall–Kier alpha value is -2.67. The molecule has 1 aliphatic rings. The van der Waals surface area contributed by atoms with Crippen LogP contribution in [0.3, 0.4) is 0 Å². The monoisotopic (exact) mass is 414 g/mol. The number of methoxy groups -OCH3 is 1. The molecular weight excluding hydrogens is 388 g/mol. The number of carbonyl (C=O) groups is 3. The smallest absolute Gasteiger partial charge is 0.341 e. The lowest BCUT2D eigenvalue weighted by Gasteiger charge is -2.22. The number of hydrogen-bond acceptors (Lipinski definition) is 5. The fourth-order valence-corrected chi connectivity index (χ4v) is 4.73. The molecular formula is C22H26N2O4S. The van der Waals surface area contributed by atoms with Gasteiger partial charge in [-0.05, 0) is 30.9 Å². The summed E-state index contributed by atoms with van der Waals surface area (Å²) in [5, 5.41) is 6.22. The molecule has 6 nitrogen and oxygen atoms in total. The second-order valence-electron chi connectivity index (χ2n) is 7.27. The fraction of sp³-hybridized carbons (Fsp3) is 0.409. The molecule has 0 aliphatic heterocycles. The number of esters is 1. The number of carbonyl (C=O) groups excluding carboxylic acids is 3. The molecule has 1 fully saturated rings. The van der Waals surface area contributed by atoms with E-state index in [0.717, 1.165) is 42.6 Å². The molecule has 1 heterocycles. The Balaban J connectivity index is 1.80.